The van der Waals surface area contributed by atoms with Crippen LogP contribution in [-0.4, -0.2) is 33.7 Å². The fraction of sp³-hybridized carbons (Fsp3) is 0.600. The zero-order valence-electron chi connectivity index (χ0n) is 19.4. The molecule has 1 aromatic carbocycles. The number of nitrogens with zero attached hydrogens (tertiary/aromatic N) is 3. The molecule has 0 radical (unpaired) electrons. The summed E-state index contributed by atoms with van der Waals surface area (Å²) in [5, 5.41) is 7.69. The first kappa shape index (κ1) is 22.5. The van der Waals surface area contributed by atoms with Crippen molar-refractivity contribution in [1.82, 2.24) is 20.0 Å². The number of rotatable bonds is 8. The molecule has 1 atom stereocenters. The van der Waals surface area contributed by atoms with Gasteiger partial charge >= 0.3 is 0 Å². The van der Waals surface area contributed by atoms with Crippen LogP contribution < -0.4 is 5.32 Å². The summed E-state index contributed by atoms with van der Waals surface area (Å²) in [4.78, 5) is 15.1. The second-order valence-corrected chi connectivity index (χ2v) is 9.48. The van der Waals surface area contributed by atoms with Crippen molar-refractivity contribution in [2.45, 2.75) is 73.5 Å². The molecule has 1 amide bonds. The Morgan fingerprint density at radius 2 is 1.90 bits per heavy atom. The molecule has 1 saturated heterocycles. The Bertz CT molecular complexity index is 838. The van der Waals surface area contributed by atoms with Crippen LogP contribution in [-0.2, 0) is 30.8 Å². The highest BCUT2D eigenvalue weighted by molar-refractivity contribution is 5.79. The van der Waals surface area contributed by atoms with E-state index in [1.165, 1.54) is 31.5 Å². The normalized spacial score (nSPS) is 17.5. The standard InChI is InChI=1S/C25H38N4O/c1-18(2)15-29-21(5)24(20(4)27-29)13-25(30)26-14-22-8-10-23(11-9-22)17-28-12-6-7-19(3)16-28/h8-11,18-19H,6-7,12-17H2,1-5H3,(H,26,30)/t19-/m1/s1. The topological polar surface area (TPSA) is 50.2 Å². The van der Waals surface area contributed by atoms with E-state index in [-0.39, 0.29) is 5.91 Å². The van der Waals surface area contributed by atoms with E-state index in [0.717, 1.165) is 41.5 Å². The molecule has 1 aromatic heterocycles. The summed E-state index contributed by atoms with van der Waals surface area (Å²) in [6.07, 6.45) is 3.05. The van der Waals surface area contributed by atoms with E-state index >= 15 is 0 Å². The van der Waals surface area contributed by atoms with Gasteiger partial charge in [-0.3, -0.25) is 14.4 Å². The summed E-state index contributed by atoms with van der Waals surface area (Å²) in [6, 6.07) is 8.68. The molecule has 3 rings (SSSR count). The molecule has 30 heavy (non-hydrogen) atoms. The average Bonchev–Trinajstić information content (AvgIpc) is 2.94. The number of aryl methyl sites for hydroxylation is 1. The maximum atomic E-state index is 12.5. The molecule has 1 N–H and O–H groups in total. The molecule has 164 valence electrons. The Morgan fingerprint density at radius 3 is 2.57 bits per heavy atom. The maximum absolute atomic E-state index is 12.5. The summed E-state index contributed by atoms with van der Waals surface area (Å²) in [6.45, 7) is 15.6. The smallest absolute Gasteiger partial charge is 0.224 e. The minimum Gasteiger partial charge on any atom is -0.352 e. The van der Waals surface area contributed by atoms with Gasteiger partial charge < -0.3 is 5.32 Å². The third-order valence-electron chi connectivity index (χ3n) is 6.07. The molecule has 1 aliphatic heterocycles. The van der Waals surface area contributed by atoms with E-state index in [9.17, 15) is 4.79 Å². The second-order valence-electron chi connectivity index (χ2n) is 9.48. The van der Waals surface area contributed by atoms with Crippen LogP contribution in [0.25, 0.3) is 0 Å². The lowest BCUT2D eigenvalue weighted by Gasteiger charge is -2.30. The van der Waals surface area contributed by atoms with Gasteiger partial charge in [0.1, 0.15) is 0 Å². The SMILES string of the molecule is Cc1nn(CC(C)C)c(C)c1CC(=O)NCc1ccc(CN2CCC[C@@H](C)C2)cc1. The Hall–Kier alpha value is -2.14. The highest BCUT2D eigenvalue weighted by atomic mass is 16.1. The number of carbonyl (C=O) groups is 1. The molecule has 5 heteroatoms. The predicted molar refractivity (Wildman–Crippen MR) is 122 cm³/mol. The lowest BCUT2D eigenvalue weighted by molar-refractivity contribution is -0.120. The predicted octanol–water partition coefficient (Wildman–Crippen LogP) is 4.25. The van der Waals surface area contributed by atoms with Gasteiger partial charge in [-0.25, -0.2) is 0 Å². The summed E-state index contributed by atoms with van der Waals surface area (Å²) in [7, 11) is 0. The van der Waals surface area contributed by atoms with Gasteiger partial charge in [-0.05, 0) is 56.2 Å². The van der Waals surface area contributed by atoms with E-state index < -0.39 is 0 Å². The number of benzene rings is 1. The van der Waals surface area contributed by atoms with Crippen molar-refractivity contribution in [2.75, 3.05) is 13.1 Å². The molecule has 0 saturated carbocycles. The van der Waals surface area contributed by atoms with Crippen molar-refractivity contribution in [1.29, 1.82) is 0 Å². The van der Waals surface area contributed by atoms with Gasteiger partial charge in [0.25, 0.3) is 0 Å². The van der Waals surface area contributed by atoms with E-state index in [0.29, 0.717) is 18.9 Å². The molecule has 0 aliphatic carbocycles. The zero-order chi connectivity index (χ0) is 21.7. The van der Waals surface area contributed by atoms with Gasteiger partial charge in [0.15, 0.2) is 0 Å². The molecule has 5 nitrogen and oxygen atoms in total. The number of piperidine rings is 1. The number of aromatic nitrogens is 2. The first-order valence-corrected chi connectivity index (χ1v) is 11.4. The number of hydrogen-bond donors (Lipinski definition) is 1. The van der Waals surface area contributed by atoms with Crippen molar-refractivity contribution in [3.8, 4) is 0 Å². The van der Waals surface area contributed by atoms with Gasteiger partial charge in [0, 0.05) is 37.4 Å². The largest absolute Gasteiger partial charge is 0.352 e. The molecule has 1 aliphatic rings. The fourth-order valence-corrected chi connectivity index (χ4v) is 4.39. The van der Waals surface area contributed by atoms with Crippen LogP contribution in [0, 0.1) is 25.7 Å². The van der Waals surface area contributed by atoms with Crippen LogP contribution in [0.1, 0.15) is 61.7 Å². The monoisotopic (exact) mass is 410 g/mol. The van der Waals surface area contributed by atoms with Crippen LogP contribution in [0.3, 0.4) is 0 Å². The summed E-state index contributed by atoms with van der Waals surface area (Å²) >= 11 is 0. The second kappa shape index (κ2) is 10.3. The highest BCUT2D eigenvalue weighted by Crippen LogP contribution is 2.18. The average molecular weight is 411 g/mol. The maximum Gasteiger partial charge on any atom is 0.224 e. The van der Waals surface area contributed by atoms with Crippen molar-refractivity contribution < 1.29 is 4.79 Å². The van der Waals surface area contributed by atoms with Crippen molar-refractivity contribution in [3.05, 3.63) is 52.3 Å². The van der Waals surface area contributed by atoms with Crippen molar-refractivity contribution in [2.24, 2.45) is 11.8 Å². The van der Waals surface area contributed by atoms with Crippen LogP contribution in [0.15, 0.2) is 24.3 Å². The Morgan fingerprint density at radius 1 is 1.20 bits per heavy atom. The minimum atomic E-state index is 0.0525. The van der Waals surface area contributed by atoms with Gasteiger partial charge in [-0.1, -0.05) is 45.0 Å². The number of amides is 1. The molecule has 1 fully saturated rings. The Labute approximate surface area is 181 Å². The van der Waals surface area contributed by atoms with Crippen LogP contribution >= 0.6 is 0 Å². The van der Waals surface area contributed by atoms with Gasteiger partial charge in [0.05, 0.1) is 12.1 Å². The number of nitrogens with one attached hydrogen (secondary N) is 1. The number of carbonyl (C=O) groups excluding carboxylic acids is 1. The van der Waals surface area contributed by atoms with Crippen molar-refractivity contribution >= 4 is 5.91 Å². The Balaban J connectivity index is 1.49. The van der Waals surface area contributed by atoms with E-state index in [1.807, 2.05) is 11.6 Å². The molecular weight excluding hydrogens is 372 g/mol. The minimum absolute atomic E-state index is 0.0525. The van der Waals surface area contributed by atoms with Gasteiger partial charge in [-0.2, -0.15) is 5.10 Å². The molecule has 0 bridgehead atoms. The lowest BCUT2D eigenvalue weighted by atomic mass is 9.99. The van der Waals surface area contributed by atoms with Crippen LogP contribution in [0.2, 0.25) is 0 Å². The van der Waals surface area contributed by atoms with Gasteiger partial charge in [0.2, 0.25) is 5.91 Å². The molecule has 2 aromatic rings. The number of likely N-dealkylation sites (tertiary alicyclic amines) is 1. The van der Waals surface area contributed by atoms with E-state index in [1.54, 1.807) is 0 Å². The van der Waals surface area contributed by atoms with E-state index in [4.69, 9.17) is 0 Å². The quantitative estimate of drug-likeness (QED) is 0.708. The Kier molecular flexibility index (Phi) is 7.70. The van der Waals surface area contributed by atoms with Gasteiger partial charge in [-0.15, -0.1) is 0 Å². The fourth-order valence-electron chi connectivity index (χ4n) is 4.39. The molecule has 2 heterocycles. The lowest BCUT2D eigenvalue weighted by Crippen LogP contribution is -2.33. The molecule has 0 unspecified atom stereocenters. The zero-order valence-corrected chi connectivity index (χ0v) is 19.4. The molecule has 0 spiro atoms. The summed E-state index contributed by atoms with van der Waals surface area (Å²) in [5.41, 5.74) is 5.61. The number of hydrogen-bond acceptors (Lipinski definition) is 3. The summed E-state index contributed by atoms with van der Waals surface area (Å²) in [5.74, 6) is 1.39. The van der Waals surface area contributed by atoms with Crippen molar-refractivity contribution in [3.63, 3.8) is 0 Å². The van der Waals surface area contributed by atoms with Crippen LogP contribution in [0.5, 0.6) is 0 Å². The third-order valence-corrected chi connectivity index (χ3v) is 6.07. The highest BCUT2D eigenvalue weighted by Gasteiger charge is 2.17. The third kappa shape index (κ3) is 6.18. The van der Waals surface area contributed by atoms with E-state index in [2.05, 4.69) is 67.3 Å². The van der Waals surface area contributed by atoms with Crippen LogP contribution in [0.4, 0.5) is 0 Å². The first-order valence-electron chi connectivity index (χ1n) is 11.4. The first-order chi connectivity index (χ1) is 14.3. The molecular formula is C25H38N4O. The summed E-state index contributed by atoms with van der Waals surface area (Å²) < 4.78 is 2.03.